The fourth-order valence-corrected chi connectivity index (χ4v) is 4.03. The smallest absolute Gasteiger partial charge is 0.261 e. The average molecular weight is 505 g/mol. The van der Waals surface area contributed by atoms with Crippen LogP contribution in [0.5, 0.6) is 17.2 Å². The molecule has 2 amide bonds. The molecule has 0 aliphatic heterocycles. The minimum Gasteiger partial charge on any atom is -0.496 e. The van der Waals surface area contributed by atoms with Crippen LogP contribution in [0.2, 0.25) is 0 Å². The zero-order valence-corrected chi connectivity index (χ0v) is 22.2. The first-order valence-corrected chi connectivity index (χ1v) is 12.3. The van der Waals surface area contributed by atoms with Crippen molar-refractivity contribution < 1.29 is 23.8 Å². The summed E-state index contributed by atoms with van der Waals surface area (Å²) >= 11 is 0. The summed E-state index contributed by atoms with van der Waals surface area (Å²) in [5.41, 5.74) is 2.98. The molecule has 0 saturated carbocycles. The lowest BCUT2D eigenvalue weighted by Gasteiger charge is -2.32. The van der Waals surface area contributed by atoms with Crippen molar-refractivity contribution in [3.8, 4) is 17.2 Å². The minimum absolute atomic E-state index is 0.0674. The summed E-state index contributed by atoms with van der Waals surface area (Å²) in [5.74, 6) is 1.03. The quantitative estimate of drug-likeness (QED) is 0.391. The number of amides is 2. The molecular formula is C30H36N2O5. The minimum atomic E-state index is -0.721. The third-order valence-corrected chi connectivity index (χ3v) is 5.82. The zero-order chi connectivity index (χ0) is 26.8. The molecule has 0 bridgehead atoms. The second kappa shape index (κ2) is 13.3. The number of benzene rings is 3. The Hall–Kier alpha value is -4.00. The number of hydrogen-bond acceptors (Lipinski definition) is 5. The van der Waals surface area contributed by atoms with Crippen molar-refractivity contribution >= 4 is 11.8 Å². The van der Waals surface area contributed by atoms with Crippen molar-refractivity contribution in [3.05, 3.63) is 89.5 Å². The lowest BCUT2D eigenvalue weighted by molar-refractivity contribution is -0.143. The molecule has 1 N–H and O–H groups in total. The van der Waals surface area contributed by atoms with E-state index in [0.29, 0.717) is 23.7 Å². The molecule has 7 heteroatoms. The summed E-state index contributed by atoms with van der Waals surface area (Å²) in [6, 6.07) is 22.0. The summed E-state index contributed by atoms with van der Waals surface area (Å²) in [4.78, 5) is 28.7. The lowest BCUT2D eigenvalue weighted by Crippen LogP contribution is -2.52. The summed E-state index contributed by atoms with van der Waals surface area (Å²) in [6.45, 7) is 5.84. The van der Waals surface area contributed by atoms with Crippen LogP contribution in [0.25, 0.3) is 0 Å². The van der Waals surface area contributed by atoms with Crippen LogP contribution >= 0.6 is 0 Å². The number of ether oxygens (including phenoxy) is 3. The van der Waals surface area contributed by atoms with E-state index in [9.17, 15) is 9.59 Å². The van der Waals surface area contributed by atoms with Gasteiger partial charge in [0.25, 0.3) is 5.91 Å². The largest absolute Gasteiger partial charge is 0.496 e. The molecule has 0 unspecified atom stereocenters. The number of aryl methyl sites for hydroxylation is 1. The van der Waals surface area contributed by atoms with Crippen LogP contribution in [0.3, 0.4) is 0 Å². The fourth-order valence-electron chi connectivity index (χ4n) is 4.03. The van der Waals surface area contributed by atoms with E-state index in [1.54, 1.807) is 37.3 Å². The molecule has 7 nitrogen and oxygen atoms in total. The van der Waals surface area contributed by atoms with E-state index in [2.05, 4.69) is 5.32 Å². The van der Waals surface area contributed by atoms with Gasteiger partial charge in [-0.3, -0.25) is 9.59 Å². The first kappa shape index (κ1) is 27.6. The highest BCUT2D eigenvalue weighted by Crippen LogP contribution is 2.27. The lowest BCUT2D eigenvalue weighted by atomic mass is 10.0. The predicted molar refractivity (Wildman–Crippen MR) is 144 cm³/mol. The molecule has 0 fully saturated rings. The van der Waals surface area contributed by atoms with Gasteiger partial charge in [-0.25, -0.2) is 0 Å². The molecular weight excluding hydrogens is 468 g/mol. The van der Waals surface area contributed by atoms with E-state index >= 15 is 0 Å². The van der Waals surface area contributed by atoms with Gasteiger partial charge in [-0.05, 0) is 31.9 Å². The van der Waals surface area contributed by atoms with Crippen LogP contribution in [0.4, 0.5) is 0 Å². The molecule has 196 valence electrons. The van der Waals surface area contributed by atoms with Gasteiger partial charge >= 0.3 is 0 Å². The number of rotatable bonds is 12. The highest BCUT2D eigenvalue weighted by atomic mass is 16.5. The van der Waals surface area contributed by atoms with Crippen molar-refractivity contribution in [2.24, 2.45) is 0 Å². The Morgan fingerprint density at radius 1 is 0.838 bits per heavy atom. The van der Waals surface area contributed by atoms with Crippen LogP contribution in [0.15, 0.2) is 72.8 Å². The molecule has 0 radical (unpaired) electrons. The standard InChI is InChI=1S/C30H36N2O5/c1-21(2)31-30(34)28(15-23-11-7-6-8-12-23)32(19-24-13-9-10-22(3)14-24)29(33)20-37-27-17-25(35-4)16-26(18-27)36-5/h6-14,16-18,21,28H,15,19-20H2,1-5H3,(H,31,34)/t28-/m1/s1. The van der Waals surface area contributed by atoms with Gasteiger partial charge in [0.15, 0.2) is 6.61 Å². The maximum Gasteiger partial charge on any atom is 0.261 e. The number of hydrogen-bond donors (Lipinski definition) is 1. The summed E-state index contributed by atoms with van der Waals surface area (Å²) in [5, 5.41) is 2.99. The van der Waals surface area contributed by atoms with Gasteiger partial charge in [0.1, 0.15) is 23.3 Å². The molecule has 0 spiro atoms. The van der Waals surface area contributed by atoms with Gasteiger partial charge in [0, 0.05) is 37.2 Å². The van der Waals surface area contributed by atoms with E-state index in [1.807, 2.05) is 75.4 Å². The number of nitrogens with zero attached hydrogens (tertiary/aromatic N) is 1. The SMILES string of the molecule is COc1cc(OC)cc(OCC(=O)N(Cc2cccc(C)c2)[C@H](Cc2ccccc2)C(=O)NC(C)C)c1. The van der Waals surface area contributed by atoms with Gasteiger partial charge < -0.3 is 24.4 Å². The Bertz CT molecular complexity index is 1160. The van der Waals surface area contributed by atoms with E-state index < -0.39 is 6.04 Å². The van der Waals surface area contributed by atoms with Crippen molar-refractivity contribution in [1.82, 2.24) is 10.2 Å². The summed E-state index contributed by atoms with van der Waals surface area (Å²) in [6.07, 6.45) is 0.379. The first-order chi connectivity index (χ1) is 17.8. The first-order valence-electron chi connectivity index (χ1n) is 12.3. The molecule has 3 rings (SSSR count). The maximum atomic E-state index is 13.7. The van der Waals surface area contributed by atoms with Gasteiger partial charge in [-0.1, -0.05) is 60.2 Å². The molecule has 1 atom stereocenters. The fraction of sp³-hybridized carbons (Fsp3) is 0.333. The number of carbonyl (C=O) groups is 2. The van der Waals surface area contributed by atoms with Crippen molar-refractivity contribution in [1.29, 1.82) is 0 Å². The van der Waals surface area contributed by atoms with Gasteiger partial charge in [0.2, 0.25) is 5.91 Å². The van der Waals surface area contributed by atoms with Gasteiger partial charge in [-0.15, -0.1) is 0 Å². The Balaban J connectivity index is 1.92. The van der Waals surface area contributed by atoms with E-state index in [1.165, 1.54) is 0 Å². The third kappa shape index (κ3) is 8.27. The number of nitrogens with one attached hydrogen (secondary N) is 1. The molecule has 0 aliphatic carbocycles. The predicted octanol–water partition coefficient (Wildman–Crippen LogP) is 4.56. The van der Waals surface area contributed by atoms with Crippen molar-refractivity contribution in [3.63, 3.8) is 0 Å². The zero-order valence-electron chi connectivity index (χ0n) is 22.2. The highest BCUT2D eigenvalue weighted by molar-refractivity contribution is 5.88. The topological polar surface area (TPSA) is 77.1 Å². The normalized spacial score (nSPS) is 11.5. The van der Waals surface area contributed by atoms with Gasteiger partial charge in [0.05, 0.1) is 14.2 Å². The van der Waals surface area contributed by atoms with Crippen molar-refractivity contribution in [2.75, 3.05) is 20.8 Å². The monoisotopic (exact) mass is 504 g/mol. The molecule has 0 aromatic heterocycles. The molecule has 0 aliphatic rings. The molecule has 3 aromatic rings. The van der Waals surface area contributed by atoms with Gasteiger partial charge in [-0.2, -0.15) is 0 Å². The maximum absolute atomic E-state index is 13.7. The Morgan fingerprint density at radius 3 is 2.05 bits per heavy atom. The van der Waals surface area contributed by atoms with Crippen LogP contribution in [-0.4, -0.2) is 49.6 Å². The van der Waals surface area contributed by atoms with Crippen LogP contribution in [0.1, 0.15) is 30.5 Å². The van der Waals surface area contributed by atoms with Crippen LogP contribution in [0, 0.1) is 6.92 Å². The second-order valence-corrected chi connectivity index (χ2v) is 9.22. The highest BCUT2D eigenvalue weighted by Gasteiger charge is 2.31. The van der Waals surface area contributed by atoms with E-state index in [4.69, 9.17) is 14.2 Å². The Kier molecular flexibility index (Phi) is 9.95. The molecule has 37 heavy (non-hydrogen) atoms. The Morgan fingerprint density at radius 2 is 1.46 bits per heavy atom. The van der Waals surface area contributed by atoms with E-state index in [-0.39, 0.29) is 31.0 Å². The van der Waals surface area contributed by atoms with Crippen LogP contribution < -0.4 is 19.5 Å². The average Bonchev–Trinajstić information content (AvgIpc) is 2.89. The Labute approximate surface area is 219 Å². The summed E-state index contributed by atoms with van der Waals surface area (Å²) in [7, 11) is 3.10. The van der Waals surface area contributed by atoms with Crippen LogP contribution in [-0.2, 0) is 22.6 Å². The van der Waals surface area contributed by atoms with E-state index in [0.717, 1.165) is 16.7 Å². The molecule has 0 saturated heterocycles. The summed E-state index contributed by atoms with van der Waals surface area (Å²) < 4.78 is 16.5. The number of carbonyl (C=O) groups excluding carboxylic acids is 2. The molecule has 3 aromatic carbocycles. The molecule has 0 heterocycles. The third-order valence-electron chi connectivity index (χ3n) is 5.82. The number of methoxy groups -OCH3 is 2. The second-order valence-electron chi connectivity index (χ2n) is 9.22. The van der Waals surface area contributed by atoms with Crippen molar-refractivity contribution in [2.45, 2.75) is 45.8 Å².